The molecule has 0 aliphatic carbocycles. The average molecular weight is 308 g/mol. The number of benzene rings is 1. The van der Waals surface area contributed by atoms with E-state index in [0.717, 1.165) is 18.0 Å². The summed E-state index contributed by atoms with van der Waals surface area (Å²) in [7, 11) is -1.40. The smallest absolute Gasteiger partial charge is 0.137 e. The molecule has 2 rings (SSSR count). The minimum atomic E-state index is -1.40. The monoisotopic (exact) mass is 307 g/mol. The van der Waals surface area contributed by atoms with Gasteiger partial charge in [0.1, 0.15) is 12.7 Å². The van der Waals surface area contributed by atoms with Gasteiger partial charge in [0.25, 0.3) is 0 Å². The van der Waals surface area contributed by atoms with E-state index in [0.29, 0.717) is 0 Å². The third-order valence-electron chi connectivity index (χ3n) is 3.93. The molecule has 20 heavy (non-hydrogen) atoms. The first-order chi connectivity index (χ1) is 9.64. The molecular weight excluding hydrogens is 286 g/mol. The van der Waals surface area contributed by atoms with Crippen LogP contribution in [0, 0.1) is 0 Å². The second-order valence-corrected chi connectivity index (χ2v) is 10.7. The lowest BCUT2D eigenvalue weighted by atomic mass is 10.4. The average Bonchev–Trinajstić information content (AvgIpc) is 2.93. The highest BCUT2D eigenvalue weighted by Crippen LogP contribution is 2.21. The van der Waals surface area contributed by atoms with Crippen LogP contribution < -0.4 is 5.19 Å². The van der Waals surface area contributed by atoms with Gasteiger partial charge in [-0.05, 0) is 18.6 Å². The minimum Gasteiger partial charge on any atom is -0.253 e. The Morgan fingerprint density at radius 2 is 1.95 bits per heavy atom. The van der Waals surface area contributed by atoms with Gasteiger partial charge in [0, 0.05) is 11.6 Å². The van der Waals surface area contributed by atoms with Crippen LogP contribution in [-0.4, -0.2) is 22.8 Å². The molecule has 108 valence electrons. The predicted molar refractivity (Wildman–Crippen MR) is 87.2 cm³/mol. The van der Waals surface area contributed by atoms with Crippen LogP contribution in [0.15, 0.2) is 36.9 Å². The Hall–Kier alpha value is -1.13. The molecule has 3 nitrogen and oxygen atoms in total. The van der Waals surface area contributed by atoms with Crippen LogP contribution in [0.5, 0.6) is 0 Å². The topological polar surface area (TPSA) is 30.7 Å². The lowest BCUT2D eigenvalue weighted by molar-refractivity contribution is 0.597. The van der Waals surface area contributed by atoms with Crippen molar-refractivity contribution in [3.8, 4) is 0 Å². The minimum absolute atomic E-state index is 0.823. The fourth-order valence-electron chi connectivity index (χ4n) is 2.80. The van der Waals surface area contributed by atoms with Gasteiger partial charge in [0.05, 0.1) is 8.07 Å². The van der Waals surface area contributed by atoms with Crippen LogP contribution in [0.4, 0.5) is 0 Å². The van der Waals surface area contributed by atoms with Crippen molar-refractivity contribution in [2.75, 3.05) is 0 Å². The van der Waals surface area contributed by atoms with Crippen LogP contribution in [0.1, 0.15) is 19.8 Å². The molecule has 1 unspecified atom stereocenters. The second kappa shape index (κ2) is 7.04. The molecule has 0 fully saturated rings. The summed E-state index contributed by atoms with van der Waals surface area (Å²) in [4.78, 5) is 3.99. The Labute approximate surface area is 127 Å². The van der Waals surface area contributed by atoms with Crippen molar-refractivity contribution in [1.82, 2.24) is 14.8 Å². The molecule has 0 saturated carbocycles. The Balaban J connectivity index is 2.02. The lowest BCUT2D eigenvalue weighted by Crippen LogP contribution is -2.44. The van der Waals surface area contributed by atoms with E-state index in [4.69, 9.17) is 11.6 Å². The summed E-state index contributed by atoms with van der Waals surface area (Å²) in [5.74, 6) is 0. The SMILES string of the molecule is CCC[Si](C)(CCCn1cncn1)c1ccc(Cl)cc1. The molecule has 2 aromatic rings. The summed E-state index contributed by atoms with van der Waals surface area (Å²) in [6, 6.07) is 11.1. The van der Waals surface area contributed by atoms with E-state index in [1.54, 1.807) is 12.7 Å². The number of rotatable bonds is 7. The van der Waals surface area contributed by atoms with E-state index >= 15 is 0 Å². The first-order valence-corrected chi connectivity index (χ1v) is 10.5. The van der Waals surface area contributed by atoms with E-state index in [1.165, 1.54) is 23.7 Å². The van der Waals surface area contributed by atoms with Crippen molar-refractivity contribution < 1.29 is 0 Å². The van der Waals surface area contributed by atoms with E-state index in [-0.39, 0.29) is 0 Å². The summed E-state index contributed by atoms with van der Waals surface area (Å²) in [6.07, 6.45) is 5.80. The molecule has 0 radical (unpaired) electrons. The molecular formula is C15H22ClN3Si. The van der Waals surface area contributed by atoms with Gasteiger partial charge in [0.2, 0.25) is 0 Å². The normalized spacial score (nSPS) is 14.2. The molecule has 1 atom stereocenters. The first-order valence-electron chi connectivity index (χ1n) is 7.22. The molecule has 1 aromatic heterocycles. The Morgan fingerprint density at radius 1 is 1.20 bits per heavy atom. The quantitative estimate of drug-likeness (QED) is 0.730. The molecule has 0 bridgehead atoms. The van der Waals surface area contributed by atoms with Crippen LogP contribution >= 0.6 is 11.6 Å². The van der Waals surface area contributed by atoms with Crippen molar-refractivity contribution in [1.29, 1.82) is 0 Å². The standard InChI is InChI=1S/C15H22ClN3Si/c1-3-10-20(2,15-7-5-14(16)6-8-15)11-4-9-19-13-17-12-18-19/h5-8,12-13H,3-4,9-11H2,1-2H3. The maximum atomic E-state index is 6.01. The fraction of sp³-hybridized carbons (Fsp3) is 0.467. The molecule has 0 saturated heterocycles. The Morgan fingerprint density at radius 3 is 2.55 bits per heavy atom. The van der Waals surface area contributed by atoms with Crippen molar-refractivity contribution in [3.63, 3.8) is 0 Å². The summed E-state index contributed by atoms with van der Waals surface area (Å²) < 4.78 is 1.92. The summed E-state index contributed by atoms with van der Waals surface area (Å²) in [5, 5.41) is 6.51. The van der Waals surface area contributed by atoms with Gasteiger partial charge in [0.15, 0.2) is 0 Å². The van der Waals surface area contributed by atoms with Gasteiger partial charge in [-0.1, -0.05) is 60.9 Å². The number of hydrogen-bond acceptors (Lipinski definition) is 2. The Bertz CT molecular complexity index is 512. The molecule has 0 N–H and O–H groups in total. The molecule has 0 aliphatic rings. The highest BCUT2D eigenvalue weighted by atomic mass is 35.5. The van der Waals surface area contributed by atoms with E-state index in [9.17, 15) is 0 Å². The third kappa shape index (κ3) is 3.93. The molecule has 0 aliphatic heterocycles. The predicted octanol–water partition coefficient (Wildman–Crippen LogP) is 3.72. The van der Waals surface area contributed by atoms with Gasteiger partial charge in [-0.2, -0.15) is 5.10 Å². The van der Waals surface area contributed by atoms with Crippen molar-refractivity contribution in [3.05, 3.63) is 41.9 Å². The number of nitrogens with zero attached hydrogens (tertiary/aromatic N) is 3. The lowest BCUT2D eigenvalue weighted by Gasteiger charge is -2.28. The highest BCUT2D eigenvalue weighted by Gasteiger charge is 2.27. The van der Waals surface area contributed by atoms with Gasteiger partial charge >= 0.3 is 0 Å². The maximum Gasteiger partial charge on any atom is 0.137 e. The first kappa shape index (κ1) is 15.3. The molecule has 1 aromatic carbocycles. The largest absolute Gasteiger partial charge is 0.253 e. The zero-order chi connectivity index (χ0) is 14.4. The number of aromatic nitrogens is 3. The molecule has 0 amide bonds. The summed E-state index contributed by atoms with van der Waals surface area (Å²) in [5.41, 5.74) is 0. The van der Waals surface area contributed by atoms with E-state index in [1.807, 2.05) is 16.8 Å². The zero-order valence-corrected chi connectivity index (χ0v) is 14.0. The van der Waals surface area contributed by atoms with Gasteiger partial charge in [-0.3, -0.25) is 4.68 Å². The van der Waals surface area contributed by atoms with Crippen LogP contribution in [0.25, 0.3) is 0 Å². The Kier molecular flexibility index (Phi) is 5.37. The highest BCUT2D eigenvalue weighted by molar-refractivity contribution is 6.90. The van der Waals surface area contributed by atoms with Crippen molar-refractivity contribution in [2.45, 2.75) is 44.9 Å². The van der Waals surface area contributed by atoms with Crippen molar-refractivity contribution >= 4 is 24.9 Å². The van der Waals surface area contributed by atoms with Crippen molar-refractivity contribution in [2.24, 2.45) is 0 Å². The summed E-state index contributed by atoms with van der Waals surface area (Å²) >= 11 is 6.01. The fourth-order valence-corrected chi connectivity index (χ4v) is 6.76. The van der Waals surface area contributed by atoms with Gasteiger partial charge < -0.3 is 0 Å². The number of hydrogen-bond donors (Lipinski definition) is 0. The van der Waals surface area contributed by atoms with Gasteiger partial charge in [-0.15, -0.1) is 0 Å². The van der Waals surface area contributed by atoms with Crippen LogP contribution in [0.2, 0.25) is 23.7 Å². The zero-order valence-electron chi connectivity index (χ0n) is 12.2. The summed E-state index contributed by atoms with van der Waals surface area (Å²) in [6.45, 7) is 5.72. The van der Waals surface area contributed by atoms with E-state index < -0.39 is 8.07 Å². The van der Waals surface area contributed by atoms with Gasteiger partial charge in [-0.25, -0.2) is 4.98 Å². The second-order valence-electron chi connectivity index (χ2n) is 5.58. The molecule has 5 heteroatoms. The third-order valence-corrected chi connectivity index (χ3v) is 8.97. The maximum absolute atomic E-state index is 6.01. The molecule has 0 spiro atoms. The van der Waals surface area contributed by atoms with E-state index in [2.05, 4.69) is 35.7 Å². The number of halogens is 1. The van der Waals surface area contributed by atoms with Crippen LogP contribution in [0.3, 0.4) is 0 Å². The number of aryl methyl sites for hydroxylation is 1. The van der Waals surface area contributed by atoms with Crippen LogP contribution in [-0.2, 0) is 6.54 Å². The molecule has 1 heterocycles.